The maximum Gasteiger partial charge on any atom is 0.391 e. The van der Waals surface area contributed by atoms with Crippen LogP contribution in [0.15, 0.2) is 3.92 Å². The Labute approximate surface area is 94.3 Å². The Morgan fingerprint density at radius 3 is 2.29 bits per heavy atom. The summed E-state index contributed by atoms with van der Waals surface area (Å²) in [6, 6.07) is 0. The molecule has 5 heteroatoms. The number of rotatable bonds is 1. The van der Waals surface area contributed by atoms with Gasteiger partial charge in [-0.05, 0) is 27.7 Å². The number of aromatic carboxylic acids is 1. The minimum Gasteiger partial charge on any atom is -0.474 e. The van der Waals surface area contributed by atoms with Crippen molar-refractivity contribution in [1.82, 2.24) is 4.98 Å². The second-order valence-electron chi connectivity index (χ2n) is 4.00. The van der Waals surface area contributed by atoms with Gasteiger partial charge in [0.05, 0.1) is 0 Å². The molecule has 0 aliphatic rings. The van der Waals surface area contributed by atoms with Gasteiger partial charge in [0.2, 0.25) is 0 Å². The third kappa shape index (κ3) is 1.98. The standard InChI is InChI=1S/C9H12BrNO2S/c1-5-6(7(12)13)14(8(10)11-5)9(2,3)4/h1-4H3/p+1. The summed E-state index contributed by atoms with van der Waals surface area (Å²) < 4.78 is 0.647. The Hall–Kier alpha value is -0.420. The van der Waals surface area contributed by atoms with Gasteiger partial charge in [-0.25, -0.2) is 4.79 Å². The van der Waals surface area contributed by atoms with E-state index in [2.05, 4.69) is 20.9 Å². The highest BCUT2D eigenvalue weighted by molar-refractivity contribution is 9.11. The number of hydrogen-bond donors (Lipinski definition) is 1. The highest BCUT2D eigenvalue weighted by atomic mass is 79.9. The van der Waals surface area contributed by atoms with E-state index in [1.165, 1.54) is 0 Å². The van der Waals surface area contributed by atoms with Crippen molar-refractivity contribution >= 4 is 32.4 Å². The molecule has 0 saturated carbocycles. The summed E-state index contributed by atoms with van der Waals surface area (Å²) in [5, 5.41) is 9.09. The van der Waals surface area contributed by atoms with Gasteiger partial charge in [0.25, 0.3) is 4.88 Å². The monoisotopic (exact) mass is 278 g/mol. The fraction of sp³-hybridized carbons (Fsp3) is 0.556. The SMILES string of the molecule is Cc1nc(Br)[s+](C(C)(C)C)c1C(=O)O. The van der Waals surface area contributed by atoms with Crippen molar-refractivity contribution < 1.29 is 9.90 Å². The second-order valence-corrected chi connectivity index (χ2v) is 7.91. The van der Waals surface area contributed by atoms with E-state index in [0.29, 0.717) is 10.6 Å². The van der Waals surface area contributed by atoms with Gasteiger partial charge in [0, 0.05) is 26.4 Å². The van der Waals surface area contributed by atoms with Crippen molar-refractivity contribution in [2.45, 2.75) is 32.4 Å². The zero-order chi connectivity index (χ0) is 11.1. The van der Waals surface area contributed by atoms with Crippen molar-refractivity contribution in [1.29, 1.82) is 0 Å². The average Bonchev–Trinajstić information content (AvgIpc) is 2.23. The number of carboxylic acids is 1. The molecule has 0 saturated heterocycles. The molecule has 1 unspecified atom stereocenters. The van der Waals surface area contributed by atoms with Crippen LogP contribution in [0.25, 0.3) is 0 Å². The lowest BCUT2D eigenvalue weighted by molar-refractivity contribution is 0.0700. The van der Waals surface area contributed by atoms with E-state index in [9.17, 15) is 4.79 Å². The fourth-order valence-electron chi connectivity index (χ4n) is 1.26. The Morgan fingerprint density at radius 1 is 1.50 bits per heavy atom. The largest absolute Gasteiger partial charge is 0.474 e. The molecule has 1 N–H and O–H groups in total. The van der Waals surface area contributed by atoms with Crippen molar-refractivity contribution in [3.8, 4) is 0 Å². The van der Waals surface area contributed by atoms with Gasteiger partial charge in [-0.1, -0.05) is 0 Å². The topological polar surface area (TPSA) is 50.2 Å². The first kappa shape index (κ1) is 11.7. The molecule has 1 atom stereocenters. The van der Waals surface area contributed by atoms with E-state index in [4.69, 9.17) is 5.11 Å². The Balaban J connectivity index is 3.48. The van der Waals surface area contributed by atoms with Gasteiger partial charge >= 0.3 is 9.89 Å². The van der Waals surface area contributed by atoms with Crippen LogP contribution in [0.4, 0.5) is 0 Å². The van der Waals surface area contributed by atoms with E-state index in [0.717, 1.165) is 3.92 Å². The molecule has 0 amide bonds. The molecular formula is C9H13BrNO2S+. The third-order valence-corrected chi connectivity index (χ3v) is 5.44. The summed E-state index contributed by atoms with van der Waals surface area (Å²) in [5.74, 6) is -0.862. The lowest BCUT2D eigenvalue weighted by Crippen LogP contribution is -2.08. The van der Waals surface area contributed by atoms with Gasteiger partial charge in [-0.2, -0.15) is 4.98 Å². The quantitative estimate of drug-likeness (QED) is 0.802. The lowest BCUT2D eigenvalue weighted by Gasteiger charge is -2.09. The van der Waals surface area contributed by atoms with Crippen molar-refractivity contribution in [2.75, 3.05) is 0 Å². The minimum atomic E-state index is -0.862. The normalized spacial score (nSPS) is 13.1. The smallest absolute Gasteiger partial charge is 0.391 e. The first-order chi connectivity index (χ1) is 6.25. The van der Waals surface area contributed by atoms with Crippen LogP contribution in [0, 0.1) is 6.92 Å². The summed E-state index contributed by atoms with van der Waals surface area (Å²) in [6.45, 7) is 7.81. The summed E-state index contributed by atoms with van der Waals surface area (Å²) >= 11 is 3.35. The van der Waals surface area contributed by atoms with Crippen molar-refractivity contribution in [3.63, 3.8) is 0 Å². The second kappa shape index (κ2) is 3.62. The average molecular weight is 279 g/mol. The number of nitrogens with zero attached hydrogens (tertiary/aromatic N) is 1. The fourth-order valence-corrected chi connectivity index (χ4v) is 5.50. The molecule has 0 aromatic carbocycles. The molecular weight excluding hydrogens is 266 g/mol. The molecule has 1 heterocycles. The number of carbonyl (C=O) groups is 1. The van der Waals surface area contributed by atoms with E-state index >= 15 is 0 Å². The first-order valence-electron chi connectivity index (χ1n) is 4.18. The molecule has 0 radical (unpaired) electrons. The first-order valence-corrected chi connectivity index (χ1v) is 6.19. The molecule has 14 heavy (non-hydrogen) atoms. The Bertz CT molecular complexity index is 379. The number of halogens is 1. The lowest BCUT2D eigenvalue weighted by atomic mass is 10.3. The molecule has 0 aliphatic carbocycles. The molecule has 1 rings (SSSR count). The van der Waals surface area contributed by atoms with Crippen LogP contribution < -0.4 is 0 Å². The maximum absolute atomic E-state index is 11.1. The third-order valence-electron chi connectivity index (χ3n) is 1.76. The van der Waals surface area contributed by atoms with E-state index in [1.54, 1.807) is 6.92 Å². The van der Waals surface area contributed by atoms with Crippen LogP contribution in [0.3, 0.4) is 0 Å². The molecule has 1 aromatic rings. The predicted octanol–water partition coefficient (Wildman–Crippen LogP) is 3.35. The zero-order valence-electron chi connectivity index (χ0n) is 8.59. The highest BCUT2D eigenvalue weighted by Gasteiger charge is 2.39. The van der Waals surface area contributed by atoms with Crippen LogP contribution in [0.1, 0.15) is 36.1 Å². The molecule has 0 aliphatic heterocycles. The summed E-state index contributed by atoms with van der Waals surface area (Å²) in [7, 11) is -0.441. The van der Waals surface area contributed by atoms with Crippen molar-refractivity contribution in [2.24, 2.45) is 0 Å². The van der Waals surface area contributed by atoms with Crippen LogP contribution in [0.5, 0.6) is 0 Å². The molecule has 0 spiro atoms. The summed E-state index contributed by atoms with van der Waals surface area (Å²) in [5.41, 5.74) is 0.614. The van der Waals surface area contributed by atoms with Gasteiger partial charge in [-0.15, -0.1) is 0 Å². The van der Waals surface area contributed by atoms with E-state index < -0.39 is 16.4 Å². The van der Waals surface area contributed by atoms with E-state index in [-0.39, 0.29) is 4.75 Å². The minimum absolute atomic E-state index is 0.103. The van der Waals surface area contributed by atoms with Crippen LogP contribution in [0.2, 0.25) is 0 Å². The van der Waals surface area contributed by atoms with Crippen LogP contribution in [-0.2, 0) is 4.75 Å². The van der Waals surface area contributed by atoms with Gasteiger partial charge < -0.3 is 5.11 Å². The summed E-state index contributed by atoms with van der Waals surface area (Å²) in [4.78, 5) is 15.7. The predicted molar refractivity (Wildman–Crippen MR) is 61.1 cm³/mol. The summed E-state index contributed by atoms with van der Waals surface area (Å²) in [6.07, 6.45) is 0. The number of carboxylic acid groups (broad SMARTS) is 1. The molecule has 0 bridgehead atoms. The number of aromatic nitrogens is 1. The maximum atomic E-state index is 11.1. The molecule has 1 aromatic heterocycles. The van der Waals surface area contributed by atoms with Gasteiger partial charge in [0.15, 0.2) is 0 Å². The van der Waals surface area contributed by atoms with E-state index in [1.807, 2.05) is 20.8 Å². The van der Waals surface area contributed by atoms with Crippen LogP contribution >= 0.6 is 26.4 Å². The molecule has 78 valence electrons. The van der Waals surface area contributed by atoms with Crippen LogP contribution in [-0.4, -0.2) is 16.1 Å². The number of aryl methyl sites for hydroxylation is 1. The van der Waals surface area contributed by atoms with Gasteiger partial charge in [0.1, 0.15) is 10.4 Å². The highest BCUT2D eigenvalue weighted by Crippen LogP contribution is 2.46. The van der Waals surface area contributed by atoms with Crippen molar-refractivity contribution in [3.05, 3.63) is 14.5 Å². The number of thiazole rings is 1. The molecule has 3 nitrogen and oxygen atoms in total. The zero-order valence-corrected chi connectivity index (χ0v) is 11.0. The Kier molecular flexibility index (Phi) is 3.02. The van der Waals surface area contributed by atoms with Gasteiger partial charge in [-0.3, -0.25) is 0 Å². The molecule has 0 fully saturated rings. The Morgan fingerprint density at radius 2 is 2.00 bits per heavy atom. The number of hydrogen-bond acceptors (Lipinski definition) is 2.